The van der Waals surface area contributed by atoms with Crippen molar-refractivity contribution in [1.82, 2.24) is 14.8 Å². The van der Waals surface area contributed by atoms with Gasteiger partial charge in [0, 0.05) is 17.7 Å². The molecule has 0 aliphatic rings. The Hall–Kier alpha value is -1.56. The molecule has 2 heterocycles. The molecule has 0 aromatic carbocycles. The maximum absolute atomic E-state index is 5.83. The fourth-order valence-corrected chi connectivity index (χ4v) is 1.88. The van der Waals surface area contributed by atoms with Crippen LogP contribution in [0.1, 0.15) is 11.4 Å². The molecule has 2 rings (SSSR count). The molecule has 6 heteroatoms. The minimum absolute atomic E-state index is 0.396. The smallest absolute Gasteiger partial charge is 0.242 e. The number of halogens is 1. The van der Waals surface area contributed by atoms with Crippen LogP contribution in [0.5, 0.6) is 11.6 Å². The number of nitrogen functional groups attached to an aromatic ring is 1. The number of hydrogen-bond acceptors (Lipinski definition) is 4. The Morgan fingerprint density at radius 3 is 2.65 bits per heavy atom. The number of aryl methyl sites for hydroxylation is 2. The maximum Gasteiger partial charge on any atom is 0.242 e. The standard InChI is InChI=1S/C11H13BrN4O/c1-6-10(7(2)16(3)15-6)17-11-9(13)4-8(12)5-14-11/h4-5H,13H2,1-3H3. The first-order valence-electron chi connectivity index (χ1n) is 5.08. The number of nitrogens with two attached hydrogens (primary N) is 1. The SMILES string of the molecule is Cc1nn(C)c(C)c1Oc1ncc(Br)cc1N. The van der Waals surface area contributed by atoms with E-state index in [1.807, 2.05) is 20.9 Å². The van der Waals surface area contributed by atoms with Gasteiger partial charge in [-0.1, -0.05) is 0 Å². The third-order valence-corrected chi connectivity index (χ3v) is 2.92. The van der Waals surface area contributed by atoms with E-state index < -0.39 is 0 Å². The molecule has 0 amide bonds. The summed E-state index contributed by atoms with van der Waals surface area (Å²) in [5, 5.41) is 4.27. The van der Waals surface area contributed by atoms with E-state index in [1.165, 1.54) is 0 Å². The molecule has 0 spiro atoms. The van der Waals surface area contributed by atoms with Gasteiger partial charge in [-0.3, -0.25) is 4.68 Å². The molecule has 0 unspecified atom stereocenters. The Morgan fingerprint density at radius 2 is 2.12 bits per heavy atom. The van der Waals surface area contributed by atoms with Crippen molar-refractivity contribution in [2.45, 2.75) is 13.8 Å². The summed E-state index contributed by atoms with van der Waals surface area (Å²) in [5.74, 6) is 1.10. The van der Waals surface area contributed by atoms with Crippen molar-refractivity contribution in [3.8, 4) is 11.6 Å². The Kier molecular flexibility index (Phi) is 3.06. The predicted octanol–water partition coefficient (Wildman–Crippen LogP) is 2.57. The first-order valence-corrected chi connectivity index (χ1v) is 5.87. The Balaban J connectivity index is 2.38. The molecule has 5 nitrogen and oxygen atoms in total. The van der Waals surface area contributed by atoms with Crippen molar-refractivity contribution in [2.24, 2.45) is 7.05 Å². The third-order valence-electron chi connectivity index (χ3n) is 2.49. The summed E-state index contributed by atoms with van der Waals surface area (Å²) in [7, 11) is 1.87. The van der Waals surface area contributed by atoms with E-state index >= 15 is 0 Å². The van der Waals surface area contributed by atoms with Gasteiger partial charge in [-0.05, 0) is 35.8 Å². The number of pyridine rings is 1. The summed E-state index contributed by atoms with van der Waals surface area (Å²) in [6, 6.07) is 1.75. The van der Waals surface area contributed by atoms with E-state index in [0.717, 1.165) is 15.9 Å². The number of aromatic nitrogens is 3. The quantitative estimate of drug-likeness (QED) is 0.925. The van der Waals surface area contributed by atoms with Gasteiger partial charge in [0.1, 0.15) is 5.69 Å². The summed E-state index contributed by atoms with van der Waals surface area (Å²) < 4.78 is 8.29. The van der Waals surface area contributed by atoms with Crippen LogP contribution in [-0.2, 0) is 7.05 Å². The van der Waals surface area contributed by atoms with E-state index in [0.29, 0.717) is 17.3 Å². The molecule has 2 N–H and O–H groups in total. The molecule has 0 aliphatic carbocycles. The van der Waals surface area contributed by atoms with Crippen LogP contribution in [-0.4, -0.2) is 14.8 Å². The van der Waals surface area contributed by atoms with Gasteiger partial charge in [0.15, 0.2) is 5.75 Å². The summed E-state index contributed by atoms with van der Waals surface area (Å²) >= 11 is 3.30. The molecule has 0 aliphatic heterocycles. The van der Waals surface area contributed by atoms with Crippen LogP contribution in [0.4, 0.5) is 5.69 Å². The molecule has 17 heavy (non-hydrogen) atoms. The lowest BCUT2D eigenvalue weighted by Gasteiger charge is -2.07. The molecule has 0 radical (unpaired) electrons. The van der Waals surface area contributed by atoms with Crippen molar-refractivity contribution >= 4 is 21.6 Å². The van der Waals surface area contributed by atoms with E-state index in [2.05, 4.69) is 26.0 Å². The van der Waals surface area contributed by atoms with E-state index in [4.69, 9.17) is 10.5 Å². The number of hydrogen-bond donors (Lipinski definition) is 1. The number of ether oxygens (including phenoxy) is 1. The van der Waals surface area contributed by atoms with Crippen LogP contribution in [0.25, 0.3) is 0 Å². The largest absolute Gasteiger partial charge is 0.433 e. The number of nitrogens with zero attached hydrogens (tertiary/aromatic N) is 3. The zero-order valence-electron chi connectivity index (χ0n) is 9.86. The molecule has 0 atom stereocenters. The monoisotopic (exact) mass is 296 g/mol. The van der Waals surface area contributed by atoms with Crippen LogP contribution in [0.2, 0.25) is 0 Å². The van der Waals surface area contributed by atoms with E-state index in [9.17, 15) is 0 Å². The lowest BCUT2D eigenvalue weighted by Crippen LogP contribution is -1.97. The Morgan fingerprint density at radius 1 is 1.41 bits per heavy atom. The van der Waals surface area contributed by atoms with E-state index in [-0.39, 0.29) is 0 Å². The summed E-state index contributed by atoms with van der Waals surface area (Å²) in [4.78, 5) is 4.13. The Labute approximate surface area is 108 Å². The molecule has 2 aromatic heterocycles. The molecule has 0 saturated heterocycles. The van der Waals surface area contributed by atoms with Crippen LogP contribution in [0.15, 0.2) is 16.7 Å². The van der Waals surface area contributed by atoms with Crippen molar-refractivity contribution in [3.63, 3.8) is 0 Å². The maximum atomic E-state index is 5.83. The van der Waals surface area contributed by atoms with Crippen LogP contribution in [0.3, 0.4) is 0 Å². The summed E-state index contributed by atoms with van der Waals surface area (Å²) in [6.07, 6.45) is 1.65. The Bertz CT molecular complexity index is 565. The second-order valence-electron chi connectivity index (χ2n) is 3.77. The highest BCUT2D eigenvalue weighted by Gasteiger charge is 2.13. The second-order valence-corrected chi connectivity index (χ2v) is 4.69. The zero-order chi connectivity index (χ0) is 12.6. The predicted molar refractivity (Wildman–Crippen MR) is 69.1 cm³/mol. The normalized spacial score (nSPS) is 10.6. The van der Waals surface area contributed by atoms with Gasteiger partial charge in [0.25, 0.3) is 0 Å². The highest BCUT2D eigenvalue weighted by atomic mass is 79.9. The van der Waals surface area contributed by atoms with Crippen molar-refractivity contribution in [3.05, 3.63) is 28.1 Å². The average Bonchev–Trinajstić information content (AvgIpc) is 2.48. The highest BCUT2D eigenvalue weighted by Crippen LogP contribution is 2.31. The molecule has 0 saturated carbocycles. The first kappa shape index (κ1) is 11.9. The number of rotatable bonds is 2. The van der Waals surface area contributed by atoms with Crippen LogP contribution >= 0.6 is 15.9 Å². The molecular weight excluding hydrogens is 284 g/mol. The minimum Gasteiger partial charge on any atom is -0.433 e. The fraction of sp³-hybridized carbons (Fsp3) is 0.273. The van der Waals surface area contributed by atoms with Crippen LogP contribution < -0.4 is 10.5 Å². The molecule has 90 valence electrons. The van der Waals surface area contributed by atoms with Gasteiger partial charge in [-0.15, -0.1) is 0 Å². The lowest BCUT2D eigenvalue weighted by molar-refractivity contribution is 0.457. The van der Waals surface area contributed by atoms with Gasteiger partial charge >= 0.3 is 0 Å². The second kappa shape index (κ2) is 4.37. The van der Waals surface area contributed by atoms with E-state index in [1.54, 1.807) is 16.9 Å². The minimum atomic E-state index is 0.396. The fourth-order valence-electron chi connectivity index (χ4n) is 1.53. The van der Waals surface area contributed by atoms with Gasteiger partial charge in [0.05, 0.1) is 11.4 Å². The zero-order valence-corrected chi connectivity index (χ0v) is 11.4. The highest BCUT2D eigenvalue weighted by molar-refractivity contribution is 9.10. The van der Waals surface area contributed by atoms with Gasteiger partial charge < -0.3 is 10.5 Å². The molecule has 2 aromatic rings. The molecule has 0 fully saturated rings. The van der Waals surface area contributed by atoms with Gasteiger partial charge in [-0.25, -0.2) is 4.98 Å². The van der Waals surface area contributed by atoms with Crippen LogP contribution in [0, 0.1) is 13.8 Å². The number of anilines is 1. The topological polar surface area (TPSA) is 66.0 Å². The van der Waals surface area contributed by atoms with Gasteiger partial charge in [-0.2, -0.15) is 5.10 Å². The van der Waals surface area contributed by atoms with Crippen molar-refractivity contribution < 1.29 is 4.74 Å². The summed E-state index contributed by atoms with van der Waals surface area (Å²) in [5.41, 5.74) is 8.07. The lowest BCUT2D eigenvalue weighted by atomic mass is 10.3. The van der Waals surface area contributed by atoms with Crippen molar-refractivity contribution in [2.75, 3.05) is 5.73 Å². The summed E-state index contributed by atoms with van der Waals surface area (Å²) in [6.45, 7) is 3.82. The average molecular weight is 297 g/mol. The third kappa shape index (κ3) is 2.26. The molecule has 0 bridgehead atoms. The van der Waals surface area contributed by atoms with Gasteiger partial charge in [0.2, 0.25) is 5.88 Å². The first-order chi connectivity index (χ1) is 7.99. The van der Waals surface area contributed by atoms with Crippen molar-refractivity contribution in [1.29, 1.82) is 0 Å². The molecular formula is C11H13BrN4O.